The van der Waals surface area contributed by atoms with E-state index in [1.54, 1.807) is 6.07 Å². The van der Waals surface area contributed by atoms with Crippen molar-refractivity contribution in [3.8, 4) is 6.07 Å². The van der Waals surface area contributed by atoms with Crippen LogP contribution in [0.3, 0.4) is 0 Å². The number of hydrogen-bond acceptors (Lipinski definition) is 3. The van der Waals surface area contributed by atoms with E-state index < -0.39 is 5.97 Å². The molecule has 0 radical (unpaired) electrons. The van der Waals surface area contributed by atoms with Crippen molar-refractivity contribution in [2.75, 3.05) is 6.61 Å². The van der Waals surface area contributed by atoms with E-state index in [9.17, 15) is 4.79 Å². The average molecular weight is 165 g/mol. The predicted molar refractivity (Wildman–Crippen MR) is 37.2 cm³/mol. The average Bonchev–Trinajstić information content (AvgIpc) is 1.89. The first kappa shape index (κ1) is 13.5. The van der Waals surface area contributed by atoms with Crippen LogP contribution in [0.1, 0.15) is 27.6 Å². The second-order valence-electron chi connectivity index (χ2n) is 1.91. The van der Waals surface area contributed by atoms with Crippen molar-refractivity contribution < 1.29 is 40.5 Å². The Bertz CT molecular complexity index is 147. The molecule has 0 bridgehead atoms. The van der Waals surface area contributed by atoms with Crippen LogP contribution >= 0.6 is 0 Å². The van der Waals surface area contributed by atoms with Crippen molar-refractivity contribution in [2.24, 2.45) is 0 Å². The van der Waals surface area contributed by atoms with E-state index in [-0.39, 0.29) is 37.4 Å². The van der Waals surface area contributed by atoms with Crippen LogP contribution in [0.5, 0.6) is 0 Å². The molecule has 3 nitrogen and oxygen atoms in total. The molecule has 58 valence electrons. The summed E-state index contributed by atoms with van der Waals surface area (Å²) in [5.74, 6) is -0.420. The molecule has 11 heavy (non-hydrogen) atoms. The third-order valence-electron chi connectivity index (χ3n) is 0.984. The first-order valence-corrected chi connectivity index (χ1v) is 3.33. The smallest absolute Gasteiger partial charge is 1.00 e. The van der Waals surface area contributed by atoms with E-state index in [0.717, 1.165) is 12.8 Å². The van der Waals surface area contributed by atoms with E-state index in [1.807, 2.05) is 6.92 Å². The Hall–Kier alpha value is -0.0400. The second kappa shape index (κ2) is 9.96. The van der Waals surface area contributed by atoms with E-state index >= 15 is 0 Å². The number of ether oxygens (including phenoxy) is 1. The van der Waals surface area contributed by atoms with E-state index in [4.69, 9.17) is 5.26 Å². The second-order valence-corrected chi connectivity index (χ2v) is 1.91. The molecule has 0 fully saturated rings. The number of esters is 1. The number of hydrogen-bond donors (Lipinski definition) is 0. The maximum atomic E-state index is 10.5. The van der Waals surface area contributed by atoms with Gasteiger partial charge in [0.25, 0.3) is 0 Å². The Kier molecular flexibility index (Phi) is 12.3. The number of unbranched alkanes of at least 4 members (excludes halogenated alkanes) is 1. The molecule has 0 heterocycles. The molecule has 0 saturated carbocycles. The van der Waals surface area contributed by atoms with Crippen LogP contribution in [0.2, 0.25) is 0 Å². The zero-order valence-corrected chi connectivity index (χ0v) is 9.09. The number of carbonyl (C=O) groups is 1. The zero-order chi connectivity index (χ0) is 7.82. The molecule has 4 heteroatoms. The Morgan fingerprint density at radius 2 is 2.36 bits per heavy atom. The fraction of sp³-hybridized carbons (Fsp3) is 0.714. The van der Waals surface area contributed by atoms with Crippen molar-refractivity contribution in [1.29, 1.82) is 5.26 Å². The van der Waals surface area contributed by atoms with Crippen LogP contribution < -0.4 is 29.6 Å². The monoisotopic (exact) mass is 165 g/mol. The summed E-state index contributed by atoms with van der Waals surface area (Å²) in [6.45, 7) is 2.45. The largest absolute Gasteiger partial charge is 1.00 e. The first-order chi connectivity index (χ1) is 4.81. The fourth-order valence-corrected chi connectivity index (χ4v) is 0.446. The molecule has 0 N–H and O–H groups in total. The summed E-state index contributed by atoms with van der Waals surface area (Å²) in [6, 6.07) is 1.72. The van der Waals surface area contributed by atoms with Gasteiger partial charge in [0.15, 0.2) is 0 Å². The Balaban J connectivity index is -0.000000405. The van der Waals surface area contributed by atoms with Crippen molar-refractivity contribution >= 4 is 5.97 Å². The van der Waals surface area contributed by atoms with Crippen LogP contribution in [0, 0.1) is 11.3 Å². The van der Waals surface area contributed by atoms with E-state index in [1.165, 1.54) is 0 Å². The van der Waals surface area contributed by atoms with Crippen molar-refractivity contribution in [3.63, 3.8) is 0 Å². The summed E-state index contributed by atoms with van der Waals surface area (Å²) in [4.78, 5) is 10.5. The predicted octanol–water partition coefficient (Wildman–Crippen LogP) is -1.64. The van der Waals surface area contributed by atoms with Crippen LogP contribution in [-0.4, -0.2) is 12.6 Å². The van der Waals surface area contributed by atoms with Gasteiger partial charge in [-0.2, -0.15) is 5.26 Å². The van der Waals surface area contributed by atoms with Gasteiger partial charge in [-0.05, 0) is 6.42 Å². The van der Waals surface area contributed by atoms with Gasteiger partial charge in [0.05, 0.1) is 12.7 Å². The number of nitrogens with zero attached hydrogens (tertiary/aromatic N) is 1. The van der Waals surface area contributed by atoms with Gasteiger partial charge < -0.3 is 6.16 Å². The number of carbonyl (C=O) groups excluding carboxylic acids is 1. The Morgan fingerprint density at radius 1 is 1.73 bits per heavy atom. The van der Waals surface area contributed by atoms with Gasteiger partial charge in [-0.1, -0.05) is 13.3 Å². The molecule has 0 aromatic heterocycles. The van der Waals surface area contributed by atoms with E-state index in [2.05, 4.69) is 4.74 Å². The minimum Gasteiger partial charge on any atom is -1.00 e. The summed E-state index contributed by atoms with van der Waals surface area (Å²) < 4.78 is 4.66. The minimum absolute atomic E-state index is 0. The van der Waals surface area contributed by atoms with Gasteiger partial charge in [-0.3, -0.25) is 4.79 Å². The Morgan fingerprint density at radius 3 is 2.82 bits per heavy atom. The molecule has 0 aromatic rings. The molecule has 0 aliphatic carbocycles. The van der Waals surface area contributed by atoms with Crippen LogP contribution in [0.4, 0.5) is 0 Å². The van der Waals surface area contributed by atoms with Gasteiger partial charge >= 0.3 is 35.5 Å². The third kappa shape index (κ3) is 9.96. The summed E-state index contributed by atoms with van der Waals surface area (Å²) in [5.41, 5.74) is 0. The summed E-state index contributed by atoms with van der Waals surface area (Å²) in [6.07, 6.45) is 1.74. The SMILES string of the molecule is CCCCOC(=O)CC#N.[H-].[Na+]. The molecule has 0 aliphatic rings. The fourth-order valence-electron chi connectivity index (χ4n) is 0.446. The molecular formula is C7H12NNaO2. The zero-order valence-electron chi connectivity index (χ0n) is 8.09. The van der Waals surface area contributed by atoms with Crippen molar-refractivity contribution in [3.05, 3.63) is 0 Å². The third-order valence-corrected chi connectivity index (χ3v) is 0.984. The molecule has 0 atom stereocenters. The van der Waals surface area contributed by atoms with Crippen molar-refractivity contribution in [1.82, 2.24) is 0 Å². The van der Waals surface area contributed by atoms with Crippen LogP contribution in [0.15, 0.2) is 0 Å². The van der Waals surface area contributed by atoms with Crippen molar-refractivity contribution in [2.45, 2.75) is 26.2 Å². The Labute approximate surface area is 90.5 Å². The molecule has 0 spiro atoms. The van der Waals surface area contributed by atoms with E-state index in [0.29, 0.717) is 6.61 Å². The maximum absolute atomic E-state index is 10.5. The molecule has 0 amide bonds. The minimum atomic E-state index is -0.420. The topological polar surface area (TPSA) is 50.1 Å². The van der Waals surface area contributed by atoms with Gasteiger partial charge in [-0.25, -0.2) is 0 Å². The molecule has 0 saturated heterocycles. The summed E-state index contributed by atoms with van der Waals surface area (Å²) in [7, 11) is 0. The number of nitriles is 1. The molecule has 0 unspecified atom stereocenters. The van der Waals surface area contributed by atoms with Gasteiger partial charge in [0.1, 0.15) is 6.42 Å². The van der Waals surface area contributed by atoms with Gasteiger partial charge in [0.2, 0.25) is 0 Å². The van der Waals surface area contributed by atoms with Crippen LogP contribution in [0.25, 0.3) is 0 Å². The van der Waals surface area contributed by atoms with Gasteiger partial charge in [0, 0.05) is 0 Å². The van der Waals surface area contributed by atoms with Gasteiger partial charge in [-0.15, -0.1) is 0 Å². The first-order valence-electron chi connectivity index (χ1n) is 3.33. The maximum Gasteiger partial charge on any atom is 1.00 e. The molecule has 0 aliphatic heterocycles. The molecule has 0 aromatic carbocycles. The standard InChI is InChI=1S/C7H11NO2.Na.H/c1-2-3-6-10-7(9)4-5-8;;/h2-4,6H2,1H3;;/q;+1;-1. The summed E-state index contributed by atoms with van der Waals surface area (Å²) >= 11 is 0. The number of rotatable bonds is 4. The van der Waals surface area contributed by atoms with Crippen LogP contribution in [-0.2, 0) is 9.53 Å². The normalized spacial score (nSPS) is 7.64. The summed E-state index contributed by atoms with van der Waals surface area (Å²) in [5, 5.41) is 8.04. The quantitative estimate of drug-likeness (QED) is 0.285. The molecular weight excluding hydrogens is 153 g/mol. The molecule has 0 rings (SSSR count).